The predicted molar refractivity (Wildman–Crippen MR) is 73.4 cm³/mol. The minimum absolute atomic E-state index is 0.0301. The van der Waals surface area contributed by atoms with E-state index in [4.69, 9.17) is 0 Å². The van der Waals surface area contributed by atoms with Crippen LogP contribution in [0.1, 0.15) is 24.1 Å². The third kappa shape index (κ3) is 3.55. The van der Waals surface area contributed by atoms with E-state index in [0.29, 0.717) is 19.5 Å². The number of esters is 1. The number of nitrogens with zero attached hydrogens (tertiary/aromatic N) is 2. The average molecular weight is 298 g/mol. The molecule has 2 heterocycles. The van der Waals surface area contributed by atoms with Crippen LogP contribution in [0.15, 0.2) is 18.3 Å². The van der Waals surface area contributed by atoms with Crippen LogP contribution in [0, 0.1) is 0 Å². The molecule has 0 saturated carbocycles. The molecule has 0 atom stereocenters. The van der Waals surface area contributed by atoms with Crippen molar-refractivity contribution in [2.24, 2.45) is 0 Å². The van der Waals surface area contributed by atoms with E-state index in [1.807, 2.05) is 12.1 Å². The van der Waals surface area contributed by atoms with Crippen LogP contribution in [0.25, 0.3) is 0 Å². The Balaban J connectivity index is 1.96. The zero-order valence-corrected chi connectivity index (χ0v) is 12.2. The largest absolute Gasteiger partial charge is 0.469 e. The number of aromatic nitrogens is 1. The highest BCUT2D eigenvalue weighted by atomic mass is 32.2. The summed E-state index contributed by atoms with van der Waals surface area (Å²) < 4.78 is 30.4. The van der Waals surface area contributed by atoms with Gasteiger partial charge in [-0.2, -0.15) is 4.31 Å². The standard InChI is InChI=1S/C13H18N2O4S/c1-19-13(16)5-3-9-20(17,18)15-8-6-12-11(10-15)4-2-7-14-12/h2,4,7H,3,5-6,8-10H2,1H3. The van der Waals surface area contributed by atoms with Gasteiger partial charge in [0.2, 0.25) is 10.0 Å². The maximum atomic E-state index is 12.2. The lowest BCUT2D eigenvalue weighted by atomic mass is 10.1. The van der Waals surface area contributed by atoms with E-state index in [2.05, 4.69) is 9.72 Å². The van der Waals surface area contributed by atoms with E-state index >= 15 is 0 Å². The predicted octanol–water partition coefficient (Wildman–Crippen LogP) is 0.723. The van der Waals surface area contributed by atoms with Gasteiger partial charge in [0.25, 0.3) is 0 Å². The van der Waals surface area contributed by atoms with E-state index in [-0.39, 0.29) is 24.6 Å². The molecular formula is C13H18N2O4S. The first-order valence-corrected chi connectivity index (χ1v) is 8.11. The number of pyridine rings is 1. The summed E-state index contributed by atoms with van der Waals surface area (Å²) in [5.74, 6) is -0.411. The highest BCUT2D eigenvalue weighted by molar-refractivity contribution is 7.89. The minimum Gasteiger partial charge on any atom is -0.469 e. The third-order valence-electron chi connectivity index (χ3n) is 3.33. The zero-order valence-electron chi connectivity index (χ0n) is 11.4. The number of hydrogen-bond acceptors (Lipinski definition) is 5. The van der Waals surface area contributed by atoms with Gasteiger partial charge in [-0.1, -0.05) is 6.07 Å². The second-order valence-corrected chi connectivity index (χ2v) is 6.78. The molecule has 0 radical (unpaired) electrons. The molecule has 1 aliphatic heterocycles. The molecule has 0 spiro atoms. The van der Waals surface area contributed by atoms with Gasteiger partial charge >= 0.3 is 5.97 Å². The zero-order chi connectivity index (χ0) is 14.6. The van der Waals surface area contributed by atoms with Crippen molar-refractivity contribution in [2.45, 2.75) is 25.8 Å². The summed E-state index contributed by atoms with van der Waals surface area (Å²) in [6.07, 6.45) is 2.76. The Morgan fingerprint density at radius 2 is 2.30 bits per heavy atom. The molecule has 6 nitrogen and oxygen atoms in total. The van der Waals surface area contributed by atoms with E-state index in [1.54, 1.807) is 6.20 Å². The highest BCUT2D eigenvalue weighted by Crippen LogP contribution is 2.19. The fourth-order valence-corrected chi connectivity index (χ4v) is 3.68. The van der Waals surface area contributed by atoms with Crippen LogP contribution in [0.2, 0.25) is 0 Å². The molecule has 1 aromatic heterocycles. The molecule has 0 bridgehead atoms. The minimum atomic E-state index is -3.33. The van der Waals surface area contributed by atoms with E-state index < -0.39 is 10.0 Å². The van der Waals surface area contributed by atoms with Crippen molar-refractivity contribution in [3.63, 3.8) is 0 Å². The lowest BCUT2D eigenvalue weighted by Gasteiger charge is -2.27. The van der Waals surface area contributed by atoms with Crippen molar-refractivity contribution in [2.75, 3.05) is 19.4 Å². The Kier molecular flexibility index (Phi) is 4.72. The number of ether oxygens (including phenoxy) is 1. The molecule has 20 heavy (non-hydrogen) atoms. The first-order chi connectivity index (χ1) is 9.53. The Bertz CT molecular complexity index is 586. The number of rotatable bonds is 5. The molecule has 0 unspecified atom stereocenters. The molecule has 0 aliphatic carbocycles. The fourth-order valence-electron chi connectivity index (χ4n) is 2.21. The van der Waals surface area contributed by atoms with Crippen molar-refractivity contribution in [3.05, 3.63) is 29.6 Å². The molecule has 0 fully saturated rings. The molecule has 0 saturated heterocycles. The first kappa shape index (κ1) is 14.9. The lowest BCUT2D eigenvalue weighted by Crippen LogP contribution is -2.37. The summed E-state index contributed by atoms with van der Waals surface area (Å²) in [5.41, 5.74) is 1.92. The second kappa shape index (κ2) is 6.32. The number of carbonyl (C=O) groups excluding carboxylic acids is 1. The Morgan fingerprint density at radius 1 is 1.50 bits per heavy atom. The summed E-state index contributed by atoms with van der Waals surface area (Å²) >= 11 is 0. The summed E-state index contributed by atoms with van der Waals surface area (Å²) in [6.45, 7) is 0.814. The molecular weight excluding hydrogens is 280 g/mol. The van der Waals surface area contributed by atoms with Crippen LogP contribution >= 0.6 is 0 Å². The van der Waals surface area contributed by atoms with Gasteiger partial charge in [0, 0.05) is 37.8 Å². The van der Waals surface area contributed by atoms with Crippen LogP contribution in [-0.2, 0) is 32.5 Å². The van der Waals surface area contributed by atoms with Crippen molar-refractivity contribution < 1.29 is 17.9 Å². The second-order valence-electron chi connectivity index (χ2n) is 4.69. The van der Waals surface area contributed by atoms with Crippen molar-refractivity contribution >= 4 is 16.0 Å². The van der Waals surface area contributed by atoms with Gasteiger partial charge in [0.15, 0.2) is 0 Å². The van der Waals surface area contributed by atoms with Gasteiger partial charge in [-0.3, -0.25) is 9.78 Å². The quantitative estimate of drug-likeness (QED) is 0.749. The van der Waals surface area contributed by atoms with Gasteiger partial charge < -0.3 is 4.74 Å². The van der Waals surface area contributed by atoms with Crippen LogP contribution in [0.5, 0.6) is 0 Å². The molecule has 0 N–H and O–H groups in total. The Hall–Kier alpha value is -1.47. The molecule has 1 aliphatic rings. The molecule has 2 rings (SSSR count). The van der Waals surface area contributed by atoms with Crippen molar-refractivity contribution in [1.82, 2.24) is 9.29 Å². The number of sulfonamides is 1. The van der Waals surface area contributed by atoms with Gasteiger partial charge in [-0.25, -0.2) is 8.42 Å². The van der Waals surface area contributed by atoms with E-state index in [0.717, 1.165) is 11.3 Å². The highest BCUT2D eigenvalue weighted by Gasteiger charge is 2.26. The maximum Gasteiger partial charge on any atom is 0.305 e. The van der Waals surface area contributed by atoms with Crippen LogP contribution < -0.4 is 0 Å². The average Bonchev–Trinajstić information content (AvgIpc) is 2.46. The van der Waals surface area contributed by atoms with Crippen LogP contribution in [0.4, 0.5) is 0 Å². The topological polar surface area (TPSA) is 76.6 Å². The number of carbonyl (C=O) groups is 1. The maximum absolute atomic E-state index is 12.2. The van der Waals surface area contributed by atoms with E-state index in [1.165, 1.54) is 11.4 Å². The van der Waals surface area contributed by atoms with Crippen LogP contribution in [-0.4, -0.2) is 43.1 Å². The lowest BCUT2D eigenvalue weighted by molar-refractivity contribution is -0.140. The summed E-state index contributed by atoms with van der Waals surface area (Å²) in [7, 11) is -2.04. The molecule has 0 aromatic carbocycles. The molecule has 0 amide bonds. The normalized spacial score (nSPS) is 15.7. The van der Waals surface area contributed by atoms with Crippen molar-refractivity contribution in [3.8, 4) is 0 Å². The monoisotopic (exact) mass is 298 g/mol. The first-order valence-electron chi connectivity index (χ1n) is 6.50. The fraction of sp³-hybridized carbons (Fsp3) is 0.538. The number of fused-ring (bicyclic) bond motifs is 1. The SMILES string of the molecule is COC(=O)CCCS(=O)(=O)N1CCc2ncccc2C1. The summed E-state index contributed by atoms with van der Waals surface area (Å²) in [5, 5.41) is 0. The molecule has 110 valence electrons. The van der Waals surface area contributed by atoms with Crippen molar-refractivity contribution in [1.29, 1.82) is 0 Å². The Morgan fingerprint density at radius 3 is 3.05 bits per heavy atom. The smallest absolute Gasteiger partial charge is 0.305 e. The van der Waals surface area contributed by atoms with E-state index in [9.17, 15) is 13.2 Å². The number of hydrogen-bond donors (Lipinski definition) is 0. The molecule has 7 heteroatoms. The number of methoxy groups -OCH3 is 1. The molecule has 1 aromatic rings. The van der Waals surface area contributed by atoms with Gasteiger partial charge in [-0.15, -0.1) is 0 Å². The third-order valence-corrected chi connectivity index (χ3v) is 5.24. The van der Waals surface area contributed by atoms with Gasteiger partial charge in [0.1, 0.15) is 0 Å². The van der Waals surface area contributed by atoms with Gasteiger partial charge in [-0.05, 0) is 18.1 Å². The van der Waals surface area contributed by atoms with Crippen LogP contribution in [0.3, 0.4) is 0 Å². The van der Waals surface area contributed by atoms with Gasteiger partial charge in [0.05, 0.1) is 12.9 Å². The Labute approximate surface area is 118 Å². The summed E-state index contributed by atoms with van der Waals surface area (Å²) in [4.78, 5) is 15.2. The summed E-state index contributed by atoms with van der Waals surface area (Å²) in [6, 6.07) is 3.71.